The number of aromatic nitrogens is 5. The summed E-state index contributed by atoms with van der Waals surface area (Å²) in [5.74, 6) is 2.58. The molecule has 0 amide bonds. The summed E-state index contributed by atoms with van der Waals surface area (Å²) >= 11 is 10.4. The second kappa shape index (κ2) is 11.9. The van der Waals surface area contributed by atoms with Crippen molar-refractivity contribution in [2.24, 2.45) is 7.05 Å². The number of fused-ring (bicyclic) bond motifs is 10. The monoisotopic (exact) mass is 671 g/mol. The molecule has 2 N–H and O–H groups in total. The number of nitrogens with zero attached hydrogens (tertiary/aromatic N) is 4. The van der Waals surface area contributed by atoms with E-state index in [1.54, 1.807) is 35.1 Å². The van der Waals surface area contributed by atoms with Crippen LogP contribution in [0, 0.1) is 0 Å². The summed E-state index contributed by atoms with van der Waals surface area (Å²) in [5.41, 5.74) is 6.23. The van der Waals surface area contributed by atoms with Crippen LogP contribution in [0.4, 0.5) is 0 Å². The first-order valence-electron chi connectivity index (χ1n) is 15.1. The first kappa shape index (κ1) is 29.3. The highest BCUT2D eigenvalue weighted by atomic mass is 35.5. The van der Waals surface area contributed by atoms with Crippen LogP contribution in [0.15, 0.2) is 59.5 Å². The lowest BCUT2D eigenvalue weighted by Crippen LogP contribution is -2.09. The van der Waals surface area contributed by atoms with Gasteiger partial charge >= 0.3 is 5.97 Å². The molecule has 0 aliphatic carbocycles. The molecule has 12 heteroatoms. The van der Waals surface area contributed by atoms with E-state index in [0.717, 1.165) is 71.8 Å². The van der Waals surface area contributed by atoms with Gasteiger partial charge in [-0.1, -0.05) is 41.9 Å². The van der Waals surface area contributed by atoms with E-state index in [1.807, 2.05) is 28.9 Å². The van der Waals surface area contributed by atoms with Gasteiger partial charge in [0.25, 0.3) is 0 Å². The van der Waals surface area contributed by atoms with Crippen LogP contribution in [0.25, 0.3) is 32.8 Å². The van der Waals surface area contributed by atoms with Crippen LogP contribution in [0.3, 0.4) is 0 Å². The minimum absolute atomic E-state index is 0.250. The highest BCUT2D eigenvalue weighted by Crippen LogP contribution is 2.46. The quantitative estimate of drug-likeness (QED) is 0.183. The first-order chi connectivity index (χ1) is 22.5. The van der Waals surface area contributed by atoms with E-state index in [4.69, 9.17) is 26.2 Å². The van der Waals surface area contributed by atoms with Gasteiger partial charge in [0.2, 0.25) is 5.88 Å². The molecule has 8 bridgehead atoms. The van der Waals surface area contributed by atoms with Crippen molar-refractivity contribution in [2.45, 2.75) is 41.5 Å². The van der Waals surface area contributed by atoms with Gasteiger partial charge in [0.05, 0.1) is 40.6 Å². The largest absolute Gasteiger partial charge is 0.493 e. The Hall–Kier alpha value is -4.06. The Morgan fingerprint density at radius 1 is 1.02 bits per heavy atom. The molecule has 46 heavy (non-hydrogen) atoms. The zero-order valence-electron chi connectivity index (χ0n) is 25.0. The fraction of sp³-hybridized carbons (Fsp3) is 0.265. The molecule has 2 aliphatic rings. The van der Waals surface area contributed by atoms with Gasteiger partial charge in [0.15, 0.2) is 0 Å². The number of ether oxygens (including phenoxy) is 2. The maximum atomic E-state index is 12.7. The molecule has 9 nitrogen and oxygen atoms in total. The minimum Gasteiger partial charge on any atom is -0.493 e. The van der Waals surface area contributed by atoms with Crippen molar-refractivity contribution in [1.29, 1.82) is 0 Å². The number of aromatic amines is 1. The highest BCUT2D eigenvalue weighted by Gasteiger charge is 2.31. The number of aromatic carboxylic acids is 1. The van der Waals surface area contributed by atoms with E-state index in [2.05, 4.69) is 40.5 Å². The van der Waals surface area contributed by atoms with Crippen LogP contribution >= 0.6 is 35.1 Å². The fourth-order valence-electron chi connectivity index (χ4n) is 6.59. The Morgan fingerprint density at radius 3 is 2.80 bits per heavy atom. The van der Waals surface area contributed by atoms with E-state index in [-0.39, 0.29) is 5.69 Å². The molecular formula is C34H30ClN5O4S2. The maximum absolute atomic E-state index is 12.7. The number of carboxylic acids is 1. The Bertz CT molecular complexity index is 2150. The van der Waals surface area contributed by atoms with Crippen LogP contribution in [-0.4, -0.2) is 48.8 Å². The van der Waals surface area contributed by atoms with Gasteiger partial charge < -0.3 is 19.1 Å². The Morgan fingerprint density at radius 2 is 1.91 bits per heavy atom. The number of H-pyrrole nitrogens is 1. The standard InChI is InChI=1S/C34H30ClN5O4S2/c1-39-31-25-8-9-26(35)29(31)30-27(38-40-10-12-44-33(30)40)18-45-16-20-14-21(37-36-20)17-46-22-13-19-5-2-3-6-23(19)28(15-22)43-11-4-7-24(25)32(39)34(41)42/h2-3,5-6,8-9,13-15H,4,7,10-12,16-18H2,1H3,(H,36,37)(H,41,42). The van der Waals surface area contributed by atoms with Crippen molar-refractivity contribution in [1.82, 2.24) is 24.5 Å². The molecule has 0 radical (unpaired) electrons. The van der Waals surface area contributed by atoms with Gasteiger partial charge in [-0.2, -0.15) is 10.2 Å². The van der Waals surface area contributed by atoms with E-state index >= 15 is 0 Å². The molecule has 0 unspecified atom stereocenters. The lowest BCUT2D eigenvalue weighted by molar-refractivity contribution is 0.0685. The van der Waals surface area contributed by atoms with Crippen molar-refractivity contribution in [3.8, 4) is 22.8 Å². The molecule has 234 valence electrons. The zero-order chi connectivity index (χ0) is 31.4. The van der Waals surface area contributed by atoms with Crippen molar-refractivity contribution in [3.63, 3.8) is 0 Å². The molecule has 0 fully saturated rings. The molecule has 5 heterocycles. The third-order valence-electron chi connectivity index (χ3n) is 8.57. The number of hydrogen-bond donors (Lipinski definition) is 2. The lowest BCUT2D eigenvalue weighted by Gasteiger charge is -2.12. The van der Waals surface area contributed by atoms with Crippen LogP contribution in [0.1, 0.15) is 39.6 Å². The molecule has 0 saturated heterocycles. The van der Waals surface area contributed by atoms with Gasteiger partial charge in [-0.3, -0.25) is 5.10 Å². The molecule has 0 spiro atoms. The Labute approximate surface area is 278 Å². The minimum atomic E-state index is -0.979. The van der Waals surface area contributed by atoms with Crippen LogP contribution in [-0.2, 0) is 37.3 Å². The number of rotatable bonds is 1. The van der Waals surface area contributed by atoms with Gasteiger partial charge in [-0.05, 0) is 48.1 Å². The number of carbonyl (C=O) groups is 1. The normalized spacial score (nSPS) is 15.3. The van der Waals surface area contributed by atoms with Gasteiger partial charge in [-0.15, -0.1) is 23.5 Å². The summed E-state index contributed by atoms with van der Waals surface area (Å²) in [7, 11) is 1.80. The number of nitrogens with one attached hydrogen (secondary N) is 1. The highest BCUT2D eigenvalue weighted by molar-refractivity contribution is 7.98. The van der Waals surface area contributed by atoms with Crippen molar-refractivity contribution in [2.75, 3.05) is 13.2 Å². The summed E-state index contributed by atoms with van der Waals surface area (Å²) < 4.78 is 16.2. The molecule has 3 aromatic heterocycles. The number of carboxylic acid groups (broad SMARTS) is 1. The fourth-order valence-corrected chi connectivity index (χ4v) is 8.56. The predicted molar refractivity (Wildman–Crippen MR) is 183 cm³/mol. The molecule has 3 aromatic carbocycles. The van der Waals surface area contributed by atoms with Gasteiger partial charge in [0.1, 0.15) is 18.1 Å². The topological polar surface area (TPSA) is 107 Å². The van der Waals surface area contributed by atoms with E-state index in [0.29, 0.717) is 55.0 Å². The molecule has 0 saturated carbocycles. The van der Waals surface area contributed by atoms with Crippen molar-refractivity contribution < 1.29 is 19.4 Å². The van der Waals surface area contributed by atoms with E-state index in [1.165, 1.54) is 0 Å². The second-order valence-electron chi connectivity index (χ2n) is 11.5. The van der Waals surface area contributed by atoms with Crippen LogP contribution < -0.4 is 9.47 Å². The van der Waals surface area contributed by atoms with E-state index in [9.17, 15) is 9.90 Å². The summed E-state index contributed by atoms with van der Waals surface area (Å²) in [6.45, 7) is 1.61. The second-order valence-corrected chi connectivity index (χ2v) is 13.9. The number of thioether (sulfide) groups is 2. The molecule has 2 aliphatic heterocycles. The zero-order valence-corrected chi connectivity index (χ0v) is 27.4. The Balaban J connectivity index is 1.25. The molecular weight excluding hydrogens is 642 g/mol. The number of hydrogen-bond acceptors (Lipinski definition) is 7. The summed E-state index contributed by atoms with van der Waals surface area (Å²) in [6.07, 6.45) is 1.16. The average Bonchev–Trinajstić information content (AvgIpc) is 3.82. The third kappa shape index (κ3) is 5.10. The third-order valence-corrected chi connectivity index (χ3v) is 10.9. The average molecular weight is 672 g/mol. The summed E-state index contributed by atoms with van der Waals surface area (Å²) in [4.78, 5) is 13.8. The van der Waals surface area contributed by atoms with Crippen molar-refractivity contribution >= 4 is 62.8 Å². The Kier molecular flexibility index (Phi) is 7.62. The smallest absolute Gasteiger partial charge is 0.352 e. The maximum Gasteiger partial charge on any atom is 0.352 e. The van der Waals surface area contributed by atoms with Crippen LogP contribution in [0.2, 0.25) is 5.02 Å². The lowest BCUT2D eigenvalue weighted by atomic mass is 9.99. The van der Waals surface area contributed by atoms with Crippen molar-refractivity contribution in [3.05, 3.63) is 88.0 Å². The molecule has 6 aromatic rings. The van der Waals surface area contributed by atoms with Gasteiger partial charge in [0, 0.05) is 51.2 Å². The first-order valence-corrected chi connectivity index (χ1v) is 17.6. The predicted octanol–water partition coefficient (Wildman–Crippen LogP) is 7.71. The number of benzene rings is 3. The summed E-state index contributed by atoms with van der Waals surface area (Å²) in [6, 6.07) is 18.4. The summed E-state index contributed by atoms with van der Waals surface area (Å²) in [5, 5.41) is 26.7. The number of halogens is 1. The van der Waals surface area contributed by atoms with E-state index < -0.39 is 5.97 Å². The van der Waals surface area contributed by atoms with Crippen LogP contribution in [0.5, 0.6) is 11.6 Å². The van der Waals surface area contributed by atoms with Gasteiger partial charge in [-0.25, -0.2) is 9.48 Å². The SMILES string of the molecule is Cn1c(C(=O)O)c2c3ccc(Cl)c(c31)-c1c(nn3c1OCC3)CSCc1cc([nH]n1)CSc1cc(c3ccccc3c1)OCCC2. The molecule has 8 rings (SSSR count). The molecule has 0 atom stereocenters. The number of aryl methyl sites for hydroxylation is 2.